The number of rotatable bonds is 8. The van der Waals surface area contributed by atoms with E-state index in [4.69, 9.17) is 0 Å². The number of quaternary nitrogens is 1. The Balaban J connectivity index is -0.000000529. The maximum atomic E-state index is 4.50. The third-order valence-electron chi connectivity index (χ3n) is 2.79. The molecular weight excluding hydrogens is 200 g/mol. The summed E-state index contributed by atoms with van der Waals surface area (Å²) in [5.74, 6) is 0. The van der Waals surface area contributed by atoms with Crippen LogP contribution in [0, 0.1) is 0 Å². The lowest BCUT2D eigenvalue weighted by Crippen LogP contribution is -2.50. The van der Waals surface area contributed by atoms with E-state index in [1.807, 2.05) is 0 Å². The summed E-state index contributed by atoms with van der Waals surface area (Å²) in [5, 5.41) is 0. The van der Waals surface area contributed by atoms with Gasteiger partial charge in [-0.15, -0.1) is 0 Å². The van der Waals surface area contributed by atoms with Gasteiger partial charge in [-0.1, -0.05) is 27.7 Å². The Morgan fingerprint density at radius 1 is 0.625 bits per heavy atom. The zero-order chi connectivity index (χ0) is 12.2. The molecule has 0 saturated heterocycles. The molecular formula is C13H34N2O. The van der Waals surface area contributed by atoms with Gasteiger partial charge in [0.25, 0.3) is 0 Å². The standard InChI is InChI=1S/C12H28N.CH5N.H2O/c1-5-9-13(10-6-2,11-7-3)12-8-4;1-2;/h5-12H2,1-4H3;2H2,1H3;1H2/q+1;;/p-1. The summed E-state index contributed by atoms with van der Waals surface area (Å²) in [5.41, 5.74) is 4.50. The third kappa shape index (κ3) is 9.13. The second kappa shape index (κ2) is 14.9. The minimum Gasteiger partial charge on any atom is -0.870 e. The lowest BCUT2D eigenvalue weighted by Gasteiger charge is -2.38. The molecule has 0 bridgehead atoms. The Morgan fingerprint density at radius 3 is 0.938 bits per heavy atom. The van der Waals surface area contributed by atoms with Gasteiger partial charge in [0.15, 0.2) is 0 Å². The van der Waals surface area contributed by atoms with Crippen molar-refractivity contribution in [3.05, 3.63) is 0 Å². The number of nitrogens with two attached hydrogens (primary N) is 1. The van der Waals surface area contributed by atoms with Crippen LogP contribution in [0.4, 0.5) is 0 Å². The highest BCUT2D eigenvalue weighted by atomic mass is 16.0. The van der Waals surface area contributed by atoms with Gasteiger partial charge in [0.2, 0.25) is 0 Å². The smallest absolute Gasteiger partial charge is 0.0783 e. The fraction of sp³-hybridized carbons (Fsp3) is 1.00. The molecule has 0 rings (SSSR count). The fourth-order valence-electron chi connectivity index (χ4n) is 2.57. The maximum Gasteiger partial charge on any atom is 0.0783 e. The van der Waals surface area contributed by atoms with E-state index in [1.165, 1.54) is 63.4 Å². The Bertz CT molecular complexity index is 89.0. The van der Waals surface area contributed by atoms with Crippen LogP contribution in [0.25, 0.3) is 0 Å². The first-order chi connectivity index (χ1) is 7.24. The van der Waals surface area contributed by atoms with Gasteiger partial charge in [-0.3, -0.25) is 0 Å². The predicted octanol–water partition coefficient (Wildman–Crippen LogP) is 2.84. The Labute approximate surface area is 103 Å². The van der Waals surface area contributed by atoms with Crippen molar-refractivity contribution < 1.29 is 9.96 Å². The largest absolute Gasteiger partial charge is 0.870 e. The van der Waals surface area contributed by atoms with E-state index >= 15 is 0 Å². The zero-order valence-corrected chi connectivity index (χ0v) is 12.1. The van der Waals surface area contributed by atoms with Crippen molar-refractivity contribution in [3.63, 3.8) is 0 Å². The second-order valence-electron chi connectivity index (χ2n) is 4.24. The summed E-state index contributed by atoms with van der Waals surface area (Å²) >= 11 is 0. The summed E-state index contributed by atoms with van der Waals surface area (Å²) in [6.45, 7) is 14.8. The zero-order valence-electron chi connectivity index (χ0n) is 12.1. The Hall–Kier alpha value is -0.120. The minimum absolute atomic E-state index is 0. The predicted molar refractivity (Wildman–Crippen MR) is 72.9 cm³/mol. The first kappa shape index (κ1) is 21.2. The van der Waals surface area contributed by atoms with E-state index in [-0.39, 0.29) is 5.48 Å². The van der Waals surface area contributed by atoms with Crippen LogP contribution in [0.1, 0.15) is 53.4 Å². The van der Waals surface area contributed by atoms with Crippen molar-refractivity contribution in [1.29, 1.82) is 0 Å². The lowest BCUT2D eigenvalue weighted by atomic mass is 10.2. The highest BCUT2D eigenvalue weighted by Crippen LogP contribution is 2.12. The molecule has 0 aliphatic heterocycles. The van der Waals surface area contributed by atoms with Crippen LogP contribution in [0.5, 0.6) is 0 Å². The van der Waals surface area contributed by atoms with Crippen LogP contribution >= 0.6 is 0 Å². The monoisotopic (exact) mass is 234 g/mol. The molecule has 0 aromatic carbocycles. The molecule has 0 aliphatic rings. The van der Waals surface area contributed by atoms with Crippen molar-refractivity contribution in [1.82, 2.24) is 0 Å². The first-order valence-corrected chi connectivity index (χ1v) is 6.67. The van der Waals surface area contributed by atoms with E-state index in [2.05, 4.69) is 33.4 Å². The van der Waals surface area contributed by atoms with Crippen LogP contribution in [-0.2, 0) is 0 Å². The number of nitrogens with zero attached hydrogens (tertiary/aromatic N) is 1. The van der Waals surface area contributed by atoms with E-state index < -0.39 is 0 Å². The molecule has 0 atom stereocenters. The highest BCUT2D eigenvalue weighted by Gasteiger charge is 2.22. The van der Waals surface area contributed by atoms with Crippen molar-refractivity contribution >= 4 is 0 Å². The summed E-state index contributed by atoms with van der Waals surface area (Å²) in [6, 6.07) is 0. The summed E-state index contributed by atoms with van der Waals surface area (Å²) in [4.78, 5) is 0. The molecule has 0 saturated carbocycles. The lowest BCUT2D eigenvalue weighted by molar-refractivity contribution is -0.928. The van der Waals surface area contributed by atoms with Crippen molar-refractivity contribution in [2.45, 2.75) is 53.4 Å². The van der Waals surface area contributed by atoms with Crippen LogP contribution in [0.3, 0.4) is 0 Å². The maximum absolute atomic E-state index is 4.50. The van der Waals surface area contributed by atoms with Gasteiger partial charge in [-0.05, 0) is 32.7 Å². The topological polar surface area (TPSA) is 56.0 Å². The average Bonchev–Trinajstić information content (AvgIpc) is 2.22. The van der Waals surface area contributed by atoms with Gasteiger partial charge in [0.05, 0.1) is 26.2 Å². The molecule has 0 aromatic rings. The van der Waals surface area contributed by atoms with Crippen LogP contribution in [-0.4, -0.2) is 43.2 Å². The molecule has 0 aliphatic carbocycles. The van der Waals surface area contributed by atoms with Gasteiger partial charge < -0.3 is 15.7 Å². The summed E-state index contributed by atoms with van der Waals surface area (Å²) < 4.78 is 1.38. The van der Waals surface area contributed by atoms with E-state index in [0.29, 0.717) is 0 Å². The molecule has 0 spiro atoms. The Morgan fingerprint density at radius 2 is 0.812 bits per heavy atom. The van der Waals surface area contributed by atoms with Gasteiger partial charge in [-0.2, -0.15) is 0 Å². The molecule has 0 fully saturated rings. The van der Waals surface area contributed by atoms with E-state index in [9.17, 15) is 0 Å². The van der Waals surface area contributed by atoms with Gasteiger partial charge in [0, 0.05) is 0 Å². The van der Waals surface area contributed by atoms with E-state index in [1.54, 1.807) is 0 Å². The van der Waals surface area contributed by atoms with Crippen LogP contribution in [0.15, 0.2) is 0 Å². The molecule has 3 heteroatoms. The first-order valence-electron chi connectivity index (χ1n) is 6.67. The number of hydrogen-bond acceptors (Lipinski definition) is 2. The van der Waals surface area contributed by atoms with Gasteiger partial charge in [-0.25, -0.2) is 0 Å². The SMILES string of the molecule is CCC[N+](CCC)(CCC)CCC.CN.[OH-]. The van der Waals surface area contributed by atoms with Crippen molar-refractivity contribution in [2.24, 2.45) is 5.73 Å². The van der Waals surface area contributed by atoms with E-state index in [0.717, 1.165) is 0 Å². The molecule has 0 amide bonds. The van der Waals surface area contributed by atoms with Crippen LogP contribution < -0.4 is 5.73 Å². The summed E-state index contributed by atoms with van der Waals surface area (Å²) in [6.07, 6.45) is 5.33. The van der Waals surface area contributed by atoms with Crippen LogP contribution in [0.2, 0.25) is 0 Å². The molecule has 0 unspecified atom stereocenters. The highest BCUT2D eigenvalue weighted by molar-refractivity contribution is 4.43. The normalized spacial score (nSPS) is 10.1. The molecule has 102 valence electrons. The third-order valence-corrected chi connectivity index (χ3v) is 2.79. The molecule has 0 aromatic heterocycles. The average molecular weight is 234 g/mol. The molecule has 0 radical (unpaired) electrons. The molecule has 3 nitrogen and oxygen atoms in total. The quantitative estimate of drug-likeness (QED) is 0.657. The van der Waals surface area contributed by atoms with Crippen molar-refractivity contribution in [3.8, 4) is 0 Å². The van der Waals surface area contributed by atoms with Gasteiger partial charge >= 0.3 is 0 Å². The fourth-order valence-corrected chi connectivity index (χ4v) is 2.57. The minimum atomic E-state index is 0. The second-order valence-corrected chi connectivity index (χ2v) is 4.24. The molecule has 0 heterocycles. The number of hydrogen-bond donors (Lipinski definition) is 1. The van der Waals surface area contributed by atoms with Crippen molar-refractivity contribution in [2.75, 3.05) is 33.2 Å². The Kier molecular flexibility index (Phi) is 19.7. The van der Waals surface area contributed by atoms with Gasteiger partial charge in [0.1, 0.15) is 0 Å². The molecule has 16 heavy (non-hydrogen) atoms. The molecule has 3 N–H and O–H groups in total. The summed E-state index contributed by atoms with van der Waals surface area (Å²) in [7, 11) is 1.50.